The number of rotatable bonds is 2. The summed E-state index contributed by atoms with van der Waals surface area (Å²) in [6.45, 7) is 7.40. The van der Waals surface area contributed by atoms with Gasteiger partial charge in [-0.15, -0.1) is 0 Å². The molecule has 17 heavy (non-hydrogen) atoms. The summed E-state index contributed by atoms with van der Waals surface area (Å²) in [6, 6.07) is 7.04. The van der Waals surface area contributed by atoms with Gasteiger partial charge in [-0.3, -0.25) is 4.90 Å². The molecule has 3 heteroatoms. The largest absolute Gasteiger partial charge is 0.323 e. The van der Waals surface area contributed by atoms with Gasteiger partial charge in [-0.2, -0.15) is 0 Å². The Kier molecular flexibility index (Phi) is 3.82. The maximum Gasteiger partial charge on any atom is 0.0465 e. The van der Waals surface area contributed by atoms with E-state index >= 15 is 0 Å². The standard InChI is InChI=1S/C14H23N3/c1-10-4-5-12(8-11(10)2)14(15)13-9-16-6-7-17(13)3/h4-5,8,13-14,16H,6-7,9,15H2,1-3H3. The van der Waals surface area contributed by atoms with E-state index in [1.54, 1.807) is 0 Å². The van der Waals surface area contributed by atoms with Crippen molar-refractivity contribution in [3.8, 4) is 0 Å². The zero-order valence-corrected chi connectivity index (χ0v) is 11.0. The van der Waals surface area contributed by atoms with Crippen LogP contribution in [0.4, 0.5) is 0 Å². The molecule has 1 aromatic rings. The SMILES string of the molecule is Cc1ccc(C(N)C2CNCCN2C)cc1C. The fourth-order valence-corrected chi connectivity index (χ4v) is 2.42. The first-order valence-electron chi connectivity index (χ1n) is 6.33. The molecule has 0 saturated carbocycles. The van der Waals surface area contributed by atoms with Crippen molar-refractivity contribution in [1.82, 2.24) is 10.2 Å². The van der Waals surface area contributed by atoms with Crippen LogP contribution in [0.2, 0.25) is 0 Å². The quantitative estimate of drug-likeness (QED) is 0.806. The molecule has 0 aliphatic carbocycles. The smallest absolute Gasteiger partial charge is 0.0465 e. The van der Waals surface area contributed by atoms with Gasteiger partial charge in [-0.25, -0.2) is 0 Å². The zero-order valence-electron chi connectivity index (χ0n) is 11.0. The number of nitrogens with zero attached hydrogens (tertiary/aromatic N) is 1. The van der Waals surface area contributed by atoms with Gasteiger partial charge in [0.15, 0.2) is 0 Å². The first kappa shape index (κ1) is 12.6. The molecule has 1 aliphatic heterocycles. The molecule has 94 valence electrons. The first-order chi connectivity index (χ1) is 8.09. The Balaban J connectivity index is 2.17. The Morgan fingerprint density at radius 2 is 2.12 bits per heavy atom. The molecule has 1 heterocycles. The van der Waals surface area contributed by atoms with Crippen LogP contribution in [0.5, 0.6) is 0 Å². The lowest BCUT2D eigenvalue weighted by molar-refractivity contribution is 0.174. The Morgan fingerprint density at radius 1 is 1.35 bits per heavy atom. The van der Waals surface area contributed by atoms with Gasteiger partial charge in [0.25, 0.3) is 0 Å². The lowest BCUT2D eigenvalue weighted by atomic mass is 9.95. The second kappa shape index (κ2) is 5.17. The molecule has 3 N–H and O–H groups in total. The predicted octanol–water partition coefficient (Wildman–Crippen LogP) is 1.21. The number of benzene rings is 1. The van der Waals surface area contributed by atoms with Crippen LogP contribution < -0.4 is 11.1 Å². The highest BCUT2D eigenvalue weighted by Crippen LogP contribution is 2.21. The summed E-state index contributed by atoms with van der Waals surface area (Å²) < 4.78 is 0. The molecule has 1 saturated heterocycles. The van der Waals surface area contributed by atoms with Gasteiger partial charge in [-0.05, 0) is 37.6 Å². The summed E-state index contributed by atoms with van der Waals surface area (Å²) in [5.74, 6) is 0. The first-order valence-corrected chi connectivity index (χ1v) is 6.33. The van der Waals surface area contributed by atoms with E-state index in [1.165, 1.54) is 16.7 Å². The second-order valence-corrected chi connectivity index (χ2v) is 5.12. The van der Waals surface area contributed by atoms with Crippen molar-refractivity contribution in [3.63, 3.8) is 0 Å². The van der Waals surface area contributed by atoms with Crippen LogP contribution in [0.15, 0.2) is 18.2 Å². The molecule has 3 nitrogen and oxygen atoms in total. The highest BCUT2D eigenvalue weighted by molar-refractivity contribution is 5.32. The summed E-state index contributed by atoms with van der Waals surface area (Å²) in [6.07, 6.45) is 0. The fourth-order valence-electron chi connectivity index (χ4n) is 2.42. The number of nitrogens with two attached hydrogens (primary N) is 1. The molecule has 1 aliphatic rings. The van der Waals surface area contributed by atoms with Gasteiger partial charge < -0.3 is 11.1 Å². The molecule has 2 atom stereocenters. The Morgan fingerprint density at radius 3 is 2.76 bits per heavy atom. The maximum absolute atomic E-state index is 6.40. The summed E-state index contributed by atoms with van der Waals surface area (Å²) in [7, 11) is 2.16. The predicted molar refractivity (Wildman–Crippen MR) is 72.1 cm³/mol. The number of hydrogen-bond acceptors (Lipinski definition) is 3. The van der Waals surface area contributed by atoms with Crippen LogP contribution in [0.1, 0.15) is 22.7 Å². The van der Waals surface area contributed by atoms with Crippen molar-refractivity contribution in [2.75, 3.05) is 26.7 Å². The molecule has 1 aromatic carbocycles. The zero-order chi connectivity index (χ0) is 12.4. The van der Waals surface area contributed by atoms with Crippen molar-refractivity contribution >= 4 is 0 Å². The lowest BCUT2D eigenvalue weighted by Gasteiger charge is -2.37. The van der Waals surface area contributed by atoms with Crippen molar-refractivity contribution in [2.45, 2.75) is 25.9 Å². The normalized spacial score (nSPS) is 23.6. The van der Waals surface area contributed by atoms with E-state index in [-0.39, 0.29) is 6.04 Å². The Hall–Kier alpha value is -0.900. The Labute approximate surface area is 104 Å². The lowest BCUT2D eigenvalue weighted by Crippen LogP contribution is -2.53. The van der Waals surface area contributed by atoms with Gasteiger partial charge >= 0.3 is 0 Å². The number of hydrogen-bond donors (Lipinski definition) is 2. The molecule has 1 fully saturated rings. The summed E-state index contributed by atoms with van der Waals surface area (Å²) in [5, 5.41) is 3.42. The van der Waals surface area contributed by atoms with Crippen LogP contribution in [0, 0.1) is 13.8 Å². The van der Waals surface area contributed by atoms with E-state index in [1.807, 2.05) is 0 Å². The average molecular weight is 233 g/mol. The third kappa shape index (κ3) is 2.68. The highest BCUT2D eigenvalue weighted by Gasteiger charge is 2.25. The third-order valence-corrected chi connectivity index (χ3v) is 3.89. The fraction of sp³-hybridized carbons (Fsp3) is 0.571. The number of likely N-dealkylation sites (N-methyl/N-ethyl adjacent to an activating group) is 1. The molecule has 0 bridgehead atoms. The minimum Gasteiger partial charge on any atom is -0.323 e. The van der Waals surface area contributed by atoms with Crippen LogP contribution in [0.3, 0.4) is 0 Å². The van der Waals surface area contributed by atoms with Gasteiger partial charge in [-0.1, -0.05) is 18.2 Å². The van der Waals surface area contributed by atoms with Crippen LogP contribution in [0.25, 0.3) is 0 Å². The molecule has 0 radical (unpaired) electrons. The van der Waals surface area contributed by atoms with E-state index in [9.17, 15) is 0 Å². The van der Waals surface area contributed by atoms with Gasteiger partial charge in [0, 0.05) is 31.7 Å². The molecule has 0 aromatic heterocycles. The van der Waals surface area contributed by atoms with E-state index in [0.29, 0.717) is 6.04 Å². The summed E-state index contributed by atoms with van der Waals surface area (Å²) in [4.78, 5) is 2.36. The van der Waals surface area contributed by atoms with Gasteiger partial charge in [0.2, 0.25) is 0 Å². The number of nitrogens with one attached hydrogen (secondary N) is 1. The minimum absolute atomic E-state index is 0.0899. The van der Waals surface area contributed by atoms with Gasteiger partial charge in [0.05, 0.1) is 0 Å². The topological polar surface area (TPSA) is 41.3 Å². The van der Waals surface area contributed by atoms with Crippen LogP contribution >= 0.6 is 0 Å². The maximum atomic E-state index is 6.40. The Bertz CT molecular complexity index is 389. The highest BCUT2D eigenvalue weighted by atomic mass is 15.2. The van der Waals surface area contributed by atoms with Gasteiger partial charge in [0.1, 0.15) is 0 Å². The van der Waals surface area contributed by atoms with E-state index < -0.39 is 0 Å². The van der Waals surface area contributed by atoms with Crippen molar-refractivity contribution < 1.29 is 0 Å². The third-order valence-electron chi connectivity index (χ3n) is 3.89. The summed E-state index contributed by atoms with van der Waals surface area (Å²) >= 11 is 0. The molecule has 0 spiro atoms. The van der Waals surface area contributed by atoms with Crippen molar-refractivity contribution in [2.24, 2.45) is 5.73 Å². The number of piperazine rings is 1. The molecule has 0 amide bonds. The monoisotopic (exact) mass is 233 g/mol. The van der Waals surface area contributed by atoms with E-state index in [4.69, 9.17) is 5.73 Å². The van der Waals surface area contributed by atoms with Crippen molar-refractivity contribution in [1.29, 1.82) is 0 Å². The molecular formula is C14H23N3. The van der Waals surface area contributed by atoms with Crippen LogP contribution in [-0.2, 0) is 0 Å². The molecule has 2 unspecified atom stereocenters. The van der Waals surface area contributed by atoms with Crippen molar-refractivity contribution in [3.05, 3.63) is 34.9 Å². The second-order valence-electron chi connectivity index (χ2n) is 5.12. The molecule has 2 rings (SSSR count). The number of aryl methyl sites for hydroxylation is 2. The molecular weight excluding hydrogens is 210 g/mol. The van der Waals surface area contributed by atoms with E-state index in [2.05, 4.69) is 49.3 Å². The summed E-state index contributed by atoms with van der Waals surface area (Å²) in [5.41, 5.74) is 10.3. The van der Waals surface area contributed by atoms with E-state index in [0.717, 1.165) is 19.6 Å². The van der Waals surface area contributed by atoms with Crippen LogP contribution in [-0.4, -0.2) is 37.6 Å². The average Bonchev–Trinajstić information content (AvgIpc) is 2.32. The minimum atomic E-state index is 0.0899.